The summed E-state index contributed by atoms with van der Waals surface area (Å²) in [6.45, 7) is 7.31. The summed E-state index contributed by atoms with van der Waals surface area (Å²) in [5.41, 5.74) is 0.467. The highest BCUT2D eigenvalue weighted by Gasteiger charge is 2.60. The summed E-state index contributed by atoms with van der Waals surface area (Å²) < 4.78 is 6.38. The first-order valence-electron chi connectivity index (χ1n) is 11.0. The molecule has 1 aromatic rings. The molecule has 3 saturated carbocycles. The maximum Gasteiger partial charge on any atom is 0.243 e. The first-order chi connectivity index (χ1) is 13.4. The summed E-state index contributed by atoms with van der Waals surface area (Å²) in [5, 5.41) is 3.28. The lowest BCUT2D eigenvalue weighted by atomic mass is 9.46. The van der Waals surface area contributed by atoms with Crippen LogP contribution >= 0.6 is 0 Å². The van der Waals surface area contributed by atoms with Crippen LogP contribution in [0, 0.1) is 34.5 Å². The van der Waals surface area contributed by atoms with Crippen molar-refractivity contribution in [3.8, 4) is 5.75 Å². The fourth-order valence-corrected chi connectivity index (χ4v) is 7.38. The molecule has 150 valence electrons. The zero-order valence-corrected chi connectivity index (χ0v) is 17.2. The third-order valence-electron chi connectivity index (χ3n) is 8.74. The molecule has 1 amide bonds. The number of rotatable bonds is 2. The average Bonchev–Trinajstić information content (AvgIpc) is 3.00. The Morgan fingerprint density at radius 3 is 2.75 bits per heavy atom. The van der Waals surface area contributed by atoms with Crippen molar-refractivity contribution in [1.29, 1.82) is 0 Å². The summed E-state index contributed by atoms with van der Waals surface area (Å²) in [5.74, 6) is 3.73. The summed E-state index contributed by atoms with van der Waals surface area (Å²) >= 11 is 0. The van der Waals surface area contributed by atoms with Crippen LogP contribution < -0.4 is 10.1 Å². The molecule has 28 heavy (non-hydrogen) atoms. The Hall–Kier alpha value is -1.84. The fraction of sp³-hybridized carbons (Fsp3) is 0.667. The minimum absolute atomic E-state index is 0.0838. The minimum Gasteiger partial charge on any atom is -0.490 e. The number of pyridine rings is 1. The van der Waals surface area contributed by atoms with Crippen molar-refractivity contribution in [1.82, 2.24) is 10.3 Å². The van der Waals surface area contributed by atoms with Crippen LogP contribution in [-0.4, -0.2) is 23.0 Å². The number of fused-ring (bicyclic) bond motifs is 5. The third kappa shape index (κ3) is 2.71. The minimum atomic E-state index is 0.0838. The molecule has 0 saturated heterocycles. The van der Waals surface area contributed by atoms with Gasteiger partial charge < -0.3 is 10.1 Å². The van der Waals surface area contributed by atoms with Gasteiger partial charge in [0.25, 0.3) is 0 Å². The van der Waals surface area contributed by atoms with E-state index in [1.807, 2.05) is 24.5 Å². The second-order valence-electron chi connectivity index (χ2n) is 10.3. The van der Waals surface area contributed by atoms with E-state index in [2.05, 4.69) is 37.1 Å². The van der Waals surface area contributed by atoms with E-state index in [-0.39, 0.29) is 17.4 Å². The van der Waals surface area contributed by atoms with Crippen molar-refractivity contribution < 1.29 is 9.53 Å². The van der Waals surface area contributed by atoms with Gasteiger partial charge in [-0.3, -0.25) is 9.78 Å². The quantitative estimate of drug-likeness (QED) is 0.829. The van der Waals surface area contributed by atoms with Crippen molar-refractivity contribution in [2.24, 2.45) is 34.5 Å². The number of amides is 1. The lowest BCUT2D eigenvalue weighted by Gasteiger charge is -2.60. The number of hydrogen-bond donors (Lipinski definition) is 1. The van der Waals surface area contributed by atoms with E-state index in [0.717, 1.165) is 25.0 Å². The van der Waals surface area contributed by atoms with E-state index in [1.54, 1.807) is 6.08 Å². The van der Waals surface area contributed by atoms with Gasteiger partial charge in [0.2, 0.25) is 5.91 Å². The SMILES string of the molecule is C[C@H]1C[C@H]2NC(=O)C=C[C@]2(C)[C@H]2CC[C@]3(C)C[C@@H](Oc4ccncc4)C[C@H]3[C@H]12. The van der Waals surface area contributed by atoms with Crippen LogP contribution in [0.5, 0.6) is 5.75 Å². The van der Waals surface area contributed by atoms with Gasteiger partial charge in [-0.15, -0.1) is 0 Å². The molecular weight excluding hydrogens is 348 g/mol. The maximum atomic E-state index is 12.0. The predicted molar refractivity (Wildman–Crippen MR) is 109 cm³/mol. The Morgan fingerprint density at radius 2 is 1.96 bits per heavy atom. The Kier molecular flexibility index (Phi) is 4.12. The molecule has 0 bridgehead atoms. The summed E-state index contributed by atoms with van der Waals surface area (Å²) in [7, 11) is 0. The van der Waals surface area contributed by atoms with Crippen LogP contribution in [0.25, 0.3) is 0 Å². The molecule has 0 radical (unpaired) electrons. The summed E-state index contributed by atoms with van der Waals surface area (Å²) in [6.07, 6.45) is 13.9. The molecule has 8 atom stereocenters. The Morgan fingerprint density at radius 1 is 1.18 bits per heavy atom. The highest BCUT2D eigenvalue weighted by Crippen LogP contribution is 2.64. The zero-order chi connectivity index (χ0) is 19.5. The Bertz CT molecular complexity index is 793. The second-order valence-corrected chi connectivity index (χ2v) is 10.3. The molecule has 1 N–H and O–H groups in total. The molecule has 4 nitrogen and oxygen atoms in total. The number of carbonyl (C=O) groups excluding carboxylic acids is 1. The van der Waals surface area contributed by atoms with Crippen LogP contribution in [-0.2, 0) is 4.79 Å². The van der Waals surface area contributed by atoms with Crippen molar-refractivity contribution in [3.63, 3.8) is 0 Å². The van der Waals surface area contributed by atoms with Crippen molar-refractivity contribution in [2.75, 3.05) is 0 Å². The first-order valence-corrected chi connectivity index (χ1v) is 11.0. The molecule has 0 spiro atoms. The zero-order valence-electron chi connectivity index (χ0n) is 17.2. The normalized spacial score (nSPS) is 46.9. The number of ether oxygens (including phenoxy) is 1. The monoisotopic (exact) mass is 380 g/mol. The molecule has 1 aromatic heterocycles. The number of hydrogen-bond acceptors (Lipinski definition) is 3. The number of nitrogens with one attached hydrogen (secondary N) is 1. The van der Waals surface area contributed by atoms with E-state index in [4.69, 9.17) is 4.74 Å². The van der Waals surface area contributed by atoms with Gasteiger partial charge in [-0.2, -0.15) is 0 Å². The second kappa shape index (κ2) is 6.33. The molecule has 3 fully saturated rings. The van der Waals surface area contributed by atoms with Crippen molar-refractivity contribution >= 4 is 5.91 Å². The highest BCUT2D eigenvalue weighted by atomic mass is 16.5. The maximum absolute atomic E-state index is 12.0. The summed E-state index contributed by atoms with van der Waals surface area (Å²) in [6, 6.07) is 4.23. The lowest BCUT2D eigenvalue weighted by Crippen LogP contribution is -2.61. The lowest BCUT2D eigenvalue weighted by molar-refractivity contribution is -0.124. The summed E-state index contributed by atoms with van der Waals surface area (Å²) in [4.78, 5) is 16.1. The van der Waals surface area contributed by atoms with E-state index in [0.29, 0.717) is 35.2 Å². The molecule has 5 rings (SSSR count). The van der Waals surface area contributed by atoms with Gasteiger partial charge in [-0.05, 0) is 79.4 Å². The first kappa shape index (κ1) is 18.2. The number of aromatic nitrogens is 1. The van der Waals surface area contributed by atoms with Gasteiger partial charge >= 0.3 is 0 Å². The molecule has 1 aliphatic heterocycles. The third-order valence-corrected chi connectivity index (χ3v) is 8.74. The topological polar surface area (TPSA) is 51.2 Å². The Balaban J connectivity index is 1.42. The van der Waals surface area contributed by atoms with Gasteiger partial charge in [0.05, 0.1) is 6.10 Å². The molecular formula is C24H32N2O2. The molecule has 4 heteroatoms. The molecule has 0 unspecified atom stereocenters. The standard InChI is InChI=1S/C24H32N2O2/c1-15-12-20-24(3,9-5-21(27)26-20)18-4-8-23(2)14-17(13-19(23)22(15)18)28-16-6-10-25-11-7-16/h5-7,9-11,15,17-20,22H,4,8,12-14H2,1-3H3,(H,26,27)/t15-,17-,18-,19-,20+,22+,23+,24+/m0/s1. The van der Waals surface area contributed by atoms with Gasteiger partial charge in [-0.25, -0.2) is 0 Å². The van der Waals surface area contributed by atoms with E-state index in [9.17, 15) is 4.79 Å². The largest absolute Gasteiger partial charge is 0.490 e. The van der Waals surface area contributed by atoms with Crippen LogP contribution in [0.15, 0.2) is 36.7 Å². The van der Waals surface area contributed by atoms with Crippen LogP contribution in [0.1, 0.15) is 52.9 Å². The highest BCUT2D eigenvalue weighted by molar-refractivity contribution is 5.89. The van der Waals surface area contributed by atoms with Gasteiger partial charge in [0, 0.05) is 23.9 Å². The molecule has 0 aromatic carbocycles. The smallest absolute Gasteiger partial charge is 0.243 e. The van der Waals surface area contributed by atoms with E-state index >= 15 is 0 Å². The number of carbonyl (C=O) groups is 1. The van der Waals surface area contributed by atoms with Gasteiger partial charge in [0.1, 0.15) is 5.75 Å². The van der Waals surface area contributed by atoms with E-state index < -0.39 is 0 Å². The average molecular weight is 381 g/mol. The van der Waals surface area contributed by atoms with Crippen molar-refractivity contribution in [3.05, 3.63) is 36.7 Å². The van der Waals surface area contributed by atoms with Crippen molar-refractivity contribution in [2.45, 2.75) is 65.0 Å². The van der Waals surface area contributed by atoms with E-state index in [1.165, 1.54) is 12.8 Å². The van der Waals surface area contributed by atoms with Crippen LogP contribution in [0.2, 0.25) is 0 Å². The Labute approximate surface area is 168 Å². The predicted octanol–water partition coefficient (Wildman–Crippen LogP) is 4.37. The van der Waals surface area contributed by atoms with Gasteiger partial charge in [0.15, 0.2) is 0 Å². The molecule has 4 aliphatic rings. The van der Waals surface area contributed by atoms with Crippen LogP contribution in [0.3, 0.4) is 0 Å². The fourth-order valence-electron chi connectivity index (χ4n) is 7.38. The molecule has 2 heterocycles. The molecule has 3 aliphatic carbocycles. The van der Waals surface area contributed by atoms with Gasteiger partial charge in [-0.1, -0.05) is 26.8 Å². The van der Waals surface area contributed by atoms with Crippen LogP contribution in [0.4, 0.5) is 0 Å². The number of nitrogens with zero attached hydrogens (tertiary/aromatic N) is 1.